The normalized spacial score (nSPS) is 20.9. The molecule has 1 atom stereocenters. The first-order valence-electron chi connectivity index (χ1n) is 10.8. The Morgan fingerprint density at radius 3 is 2.41 bits per heavy atom. The van der Waals surface area contributed by atoms with Crippen LogP contribution in [0.15, 0.2) is 53.4 Å². The maximum Gasteiger partial charge on any atom is 0.244 e. The van der Waals surface area contributed by atoms with E-state index in [1.54, 1.807) is 6.07 Å². The molecule has 1 amide bonds. The molecule has 0 saturated carbocycles. The van der Waals surface area contributed by atoms with Crippen molar-refractivity contribution < 1.29 is 13.2 Å². The molecule has 0 aromatic heterocycles. The van der Waals surface area contributed by atoms with Crippen molar-refractivity contribution in [2.45, 2.75) is 24.3 Å². The summed E-state index contributed by atoms with van der Waals surface area (Å²) in [6, 6.07) is 14.7. The zero-order chi connectivity index (χ0) is 22.7. The van der Waals surface area contributed by atoms with Gasteiger partial charge in [0, 0.05) is 50.8 Å². The van der Waals surface area contributed by atoms with Gasteiger partial charge in [-0.2, -0.15) is 4.31 Å². The van der Waals surface area contributed by atoms with E-state index in [9.17, 15) is 13.2 Å². The second-order valence-corrected chi connectivity index (χ2v) is 11.1. The maximum absolute atomic E-state index is 13.2. The van der Waals surface area contributed by atoms with Gasteiger partial charge in [0.2, 0.25) is 15.9 Å². The van der Waals surface area contributed by atoms with Crippen molar-refractivity contribution in [1.29, 1.82) is 0 Å². The molecule has 0 bridgehead atoms. The smallest absolute Gasteiger partial charge is 0.244 e. The van der Waals surface area contributed by atoms with E-state index in [2.05, 4.69) is 17.0 Å². The van der Waals surface area contributed by atoms with Crippen LogP contribution in [0, 0.1) is 5.92 Å². The number of rotatable bonds is 5. The molecule has 2 aliphatic rings. The molecule has 4 rings (SSSR count). The van der Waals surface area contributed by atoms with Crippen molar-refractivity contribution in [2.75, 3.05) is 39.3 Å². The average Bonchev–Trinajstić information content (AvgIpc) is 2.81. The van der Waals surface area contributed by atoms with Gasteiger partial charge in [-0.1, -0.05) is 53.5 Å². The molecule has 2 aromatic carbocycles. The Morgan fingerprint density at radius 1 is 0.969 bits per heavy atom. The van der Waals surface area contributed by atoms with Crippen molar-refractivity contribution in [3.63, 3.8) is 0 Å². The third-order valence-corrected chi connectivity index (χ3v) is 8.76. The lowest BCUT2D eigenvalue weighted by Gasteiger charge is -2.38. The molecule has 0 aliphatic carbocycles. The summed E-state index contributed by atoms with van der Waals surface area (Å²) in [5.74, 6) is -0.293. The second kappa shape index (κ2) is 10.1. The van der Waals surface area contributed by atoms with Gasteiger partial charge in [0.25, 0.3) is 0 Å². The molecule has 32 heavy (non-hydrogen) atoms. The highest BCUT2D eigenvalue weighted by Gasteiger charge is 2.36. The SMILES string of the molecule is O=C([C@H]1CCCN(S(=O)(=O)c2cc(Cl)ccc2Cl)C1)N1CCN(Cc2ccccc2)CC1. The summed E-state index contributed by atoms with van der Waals surface area (Å²) in [6.45, 7) is 4.37. The Balaban J connectivity index is 1.37. The number of halogens is 2. The van der Waals surface area contributed by atoms with Crippen molar-refractivity contribution in [2.24, 2.45) is 5.92 Å². The number of nitrogens with zero attached hydrogens (tertiary/aromatic N) is 3. The summed E-state index contributed by atoms with van der Waals surface area (Å²) in [4.78, 5) is 17.4. The molecule has 2 saturated heterocycles. The number of sulfonamides is 1. The van der Waals surface area contributed by atoms with Gasteiger partial charge < -0.3 is 4.90 Å². The monoisotopic (exact) mass is 495 g/mol. The Labute approximate surface area is 199 Å². The van der Waals surface area contributed by atoms with Crippen LogP contribution in [0.5, 0.6) is 0 Å². The Kier molecular flexibility index (Phi) is 7.42. The van der Waals surface area contributed by atoms with Gasteiger partial charge in [-0.05, 0) is 36.6 Å². The highest BCUT2D eigenvalue weighted by molar-refractivity contribution is 7.89. The van der Waals surface area contributed by atoms with Crippen LogP contribution in [0.2, 0.25) is 10.0 Å². The van der Waals surface area contributed by atoms with Gasteiger partial charge in [-0.15, -0.1) is 0 Å². The first kappa shape index (κ1) is 23.5. The summed E-state index contributed by atoms with van der Waals surface area (Å²) < 4.78 is 27.7. The van der Waals surface area contributed by atoms with E-state index in [4.69, 9.17) is 23.2 Å². The fraction of sp³-hybridized carbons (Fsp3) is 0.435. The molecule has 0 unspecified atom stereocenters. The zero-order valence-electron chi connectivity index (χ0n) is 17.8. The minimum Gasteiger partial charge on any atom is -0.340 e. The van der Waals surface area contributed by atoms with Gasteiger partial charge in [0.1, 0.15) is 4.90 Å². The van der Waals surface area contributed by atoms with Crippen LogP contribution in [0.3, 0.4) is 0 Å². The summed E-state index contributed by atoms with van der Waals surface area (Å²) >= 11 is 12.1. The summed E-state index contributed by atoms with van der Waals surface area (Å²) in [5.41, 5.74) is 1.26. The van der Waals surface area contributed by atoms with E-state index in [1.807, 2.05) is 23.1 Å². The molecule has 2 aliphatic heterocycles. The van der Waals surface area contributed by atoms with Crippen molar-refractivity contribution in [1.82, 2.24) is 14.1 Å². The standard InChI is InChI=1S/C23H27Cl2N3O3S/c24-20-8-9-21(25)22(15-20)32(30,31)28-10-4-7-19(17-28)23(29)27-13-11-26(12-14-27)16-18-5-2-1-3-6-18/h1-3,5-6,8-9,15,19H,4,7,10-14,16-17H2/t19-/m0/s1. The van der Waals surface area contributed by atoms with Crippen molar-refractivity contribution >= 4 is 39.1 Å². The number of hydrogen-bond acceptors (Lipinski definition) is 4. The number of benzene rings is 2. The molecule has 2 aromatic rings. The van der Waals surface area contributed by atoms with Gasteiger partial charge in [0.15, 0.2) is 0 Å². The van der Waals surface area contributed by atoms with E-state index in [-0.39, 0.29) is 28.3 Å². The van der Waals surface area contributed by atoms with E-state index in [1.165, 1.54) is 22.0 Å². The number of piperazine rings is 1. The van der Waals surface area contributed by atoms with Gasteiger partial charge >= 0.3 is 0 Å². The summed E-state index contributed by atoms with van der Waals surface area (Å²) in [7, 11) is -3.82. The largest absolute Gasteiger partial charge is 0.340 e. The predicted molar refractivity (Wildman–Crippen MR) is 126 cm³/mol. The molecule has 0 spiro atoms. The third kappa shape index (κ3) is 5.29. The zero-order valence-corrected chi connectivity index (χ0v) is 20.1. The number of piperidine rings is 1. The minimum absolute atomic E-state index is 0.00529. The molecule has 9 heteroatoms. The highest BCUT2D eigenvalue weighted by atomic mass is 35.5. The van der Waals surface area contributed by atoms with E-state index >= 15 is 0 Å². The topological polar surface area (TPSA) is 60.9 Å². The summed E-state index contributed by atoms with van der Waals surface area (Å²) in [6.07, 6.45) is 1.33. The van der Waals surface area contributed by atoms with Crippen LogP contribution in [0.1, 0.15) is 18.4 Å². The first-order chi connectivity index (χ1) is 15.3. The van der Waals surface area contributed by atoms with Gasteiger partial charge in [0.05, 0.1) is 10.9 Å². The van der Waals surface area contributed by atoms with Crippen molar-refractivity contribution in [3.05, 3.63) is 64.1 Å². The lowest BCUT2D eigenvalue weighted by atomic mass is 9.97. The highest BCUT2D eigenvalue weighted by Crippen LogP contribution is 2.31. The van der Waals surface area contributed by atoms with Crippen LogP contribution in [-0.4, -0.2) is 67.7 Å². The second-order valence-electron chi connectivity index (χ2n) is 8.36. The van der Waals surface area contributed by atoms with Crippen LogP contribution < -0.4 is 0 Å². The molecule has 0 radical (unpaired) electrons. The quantitative estimate of drug-likeness (QED) is 0.633. The lowest BCUT2D eigenvalue weighted by molar-refractivity contribution is -0.138. The fourth-order valence-corrected chi connectivity index (χ4v) is 6.66. The van der Waals surface area contributed by atoms with E-state index in [0.717, 1.165) is 19.6 Å². The molecule has 2 fully saturated rings. The lowest BCUT2D eigenvalue weighted by Crippen LogP contribution is -2.52. The average molecular weight is 496 g/mol. The van der Waals surface area contributed by atoms with Gasteiger partial charge in [-0.25, -0.2) is 8.42 Å². The molecular weight excluding hydrogens is 469 g/mol. The molecular formula is C23H27Cl2N3O3S. The number of carbonyl (C=O) groups excluding carboxylic acids is 1. The number of carbonyl (C=O) groups is 1. The first-order valence-corrected chi connectivity index (χ1v) is 13.0. The number of amides is 1. The van der Waals surface area contributed by atoms with Crippen LogP contribution in [0.4, 0.5) is 0 Å². The third-order valence-electron chi connectivity index (χ3n) is 6.18. The molecule has 172 valence electrons. The number of hydrogen-bond donors (Lipinski definition) is 0. The Morgan fingerprint density at radius 2 is 1.69 bits per heavy atom. The Bertz CT molecular complexity index is 1060. The van der Waals surface area contributed by atoms with Crippen molar-refractivity contribution in [3.8, 4) is 0 Å². The van der Waals surface area contributed by atoms with E-state index in [0.29, 0.717) is 37.5 Å². The van der Waals surface area contributed by atoms with Crippen LogP contribution in [0.25, 0.3) is 0 Å². The molecule has 6 nitrogen and oxygen atoms in total. The van der Waals surface area contributed by atoms with Crippen LogP contribution in [-0.2, 0) is 21.4 Å². The fourth-order valence-electron chi connectivity index (χ4n) is 4.40. The minimum atomic E-state index is -3.82. The maximum atomic E-state index is 13.2. The van der Waals surface area contributed by atoms with Crippen LogP contribution >= 0.6 is 23.2 Å². The Hall–Kier alpha value is -1.64. The predicted octanol–water partition coefficient (Wildman–Crippen LogP) is 3.74. The molecule has 2 heterocycles. The molecule has 0 N–H and O–H groups in total. The summed E-state index contributed by atoms with van der Waals surface area (Å²) in [5, 5.41) is 0.448. The van der Waals surface area contributed by atoms with Gasteiger partial charge in [-0.3, -0.25) is 9.69 Å². The van der Waals surface area contributed by atoms with E-state index < -0.39 is 10.0 Å².